The number of nitrogens with one attached hydrogen (secondary N) is 1. The Bertz CT molecular complexity index is 1720. The van der Waals surface area contributed by atoms with Gasteiger partial charge in [-0.3, -0.25) is 4.98 Å². The third-order valence-electron chi connectivity index (χ3n) is 8.83. The highest BCUT2D eigenvalue weighted by molar-refractivity contribution is 7.91. The third kappa shape index (κ3) is 5.15. The van der Waals surface area contributed by atoms with Crippen LogP contribution in [-0.2, 0) is 15.5 Å². The summed E-state index contributed by atoms with van der Waals surface area (Å²) in [6, 6.07) is 6.67. The van der Waals surface area contributed by atoms with Crippen LogP contribution in [0.2, 0.25) is 0 Å². The van der Waals surface area contributed by atoms with Crippen LogP contribution in [0.5, 0.6) is 0 Å². The van der Waals surface area contributed by atoms with Crippen molar-refractivity contribution in [3.63, 3.8) is 0 Å². The smallest absolute Gasteiger partial charge is 0.229 e. The molecule has 12 heteroatoms. The molecule has 3 N–H and O–H groups in total. The largest absolute Gasteiger partial charge is 0.326 e. The molecule has 3 aromatic heterocycles. The maximum atomic E-state index is 15.3. The Labute approximate surface area is 242 Å². The van der Waals surface area contributed by atoms with E-state index in [9.17, 15) is 8.42 Å². The number of nitrogens with zero attached hydrogens (tertiary/aromatic N) is 4. The van der Waals surface area contributed by atoms with Gasteiger partial charge in [-0.05, 0) is 91.8 Å². The van der Waals surface area contributed by atoms with E-state index in [-0.39, 0.29) is 41.5 Å². The molecule has 2 aliphatic rings. The number of aromatic nitrogens is 4. The highest BCUT2D eigenvalue weighted by Crippen LogP contribution is 2.44. The fraction of sp³-hybridized carbons (Fsp3) is 0.433. The molecule has 4 aromatic rings. The van der Waals surface area contributed by atoms with Crippen molar-refractivity contribution in [3.05, 3.63) is 71.7 Å². The first kappa shape index (κ1) is 28.6. The van der Waals surface area contributed by atoms with Crippen molar-refractivity contribution in [2.45, 2.75) is 68.3 Å². The fourth-order valence-corrected chi connectivity index (χ4v) is 8.65. The van der Waals surface area contributed by atoms with Crippen LogP contribution in [0.25, 0.3) is 16.8 Å². The number of fused-ring (bicyclic) bond motifs is 1. The minimum Gasteiger partial charge on any atom is -0.326 e. The number of rotatable bonds is 6. The van der Waals surface area contributed by atoms with Gasteiger partial charge in [0.05, 0.1) is 40.1 Å². The number of hydrogen-bond donors (Lipinski definition) is 2. The van der Waals surface area contributed by atoms with Gasteiger partial charge < -0.3 is 11.1 Å². The normalized spacial score (nSPS) is 24.2. The summed E-state index contributed by atoms with van der Waals surface area (Å²) in [7, 11) is -3.30. The quantitative estimate of drug-likeness (QED) is 0.288. The van der Waals surface area contributed by atoms with Crippen LogP contribution in [0.1, 0.15) is 62.5 Å². The molecule has 1 aromatic carbocycles. The van der Waals surface area contributed by atoms with Crippen molar-refractivity contribution in [2.75, 3.05) is 11.6 Å². The third-order valence-corrected chi connectivity index (χ3v) is 10.6. The number of anilines is 2. The zero-order valence-electron chi connectivity index (χ0n) is 23.4. The number of sulfone groups is 1. The predicted octanol–water partition coefficient (Wildman–Crippen LogP) is 5.81. The second-order valence-electron chi connectivity index (χ2n) is 11.8. The number of benzene rings is 1. The maximum Gasteiger partial charge on any atom is 0.229 e. The molecule has 0 saturated heterocycles. The van der Waals surface area contributed by atoms with E-state index in [1.165, 1.54) is 16.8 Å². The van der Waals surface area contributed by atoms with Crippen molar-refractivity contribution >= 4 is 27.0 Å². The molecule has 8 nitrogen and oxygen atoms in total. The topological polar surface area (TPSA) is 115 Å². The van der Waals surface area contributed by atoms with Gasteiger partial charge in [-0.25, -0.2) is 26.6 Å². The van der Waals surface area contributed by atoms with Crippen LogP contribution in [0.15, 0.2) is 48.9 Å². The molecule has 0 bridgehead atoms. The lowest BCUT2D eigenvalue weighted by atomic mass is 9.76. The zero-order chi connectivity index (χ0) is 29.8. The molecule has 2 saturated carbocycles. The van der Waals surface area contributed by atoms with Gasteiger partial charge in [0.1, 0.15) is 17.3 Å². The molecule has 2 aliphatic carbocycles. The molecule has 0 unspecified atom stereocenters. The molecular weight excluding hydrogens is 565 g/mol. The van der Waals surface area contributed by atoms with Crippen molar-refractivity contribution in [3.8, 4) is 11.3 Å². The van der Waals surface area contributed by atoms with E-state index in [0.29, 0.717) is 42.8 Å². The molecular formula is C30H33F3N6O2S. The number of halogens is 3. The second kappa shape index (κ2) is 10.6. The summed E-state index contributed by atoms with van der Waals surface area (Å²) in [4.78, 5) is 8.68. The van der Waals surface area contributed by atoms with Crippen LogP contribution >= 0.6 is 0 Å². The summed E-state index contributed by atoms with van der Waals surface area (Å²) >= 11 is 0. The fourth-order valence-electron chi connectivity index (χ4n) is 6.95. The van der Waals surface area contributed by atoms with Crippen LogP contribution in [0, 0.1) is 17.6 Å². The summed E-state index contributed by atoms with van der Waals surface area (Å²) in [6.07, 6.45) is 9.11. The van der Waals surface area contributed by atoms with E-state index < -0.39 is 38.4 Å². The van der Waals surface area contributed by atoms with Crippen molar-refractivity contribution < 1.29 is 21.6 Å². The molecule has 6 rings (SSSR count). The van der Waals surface area contributed by atoms with E-state index in [1.807, 2.05) is 13.0 Å². The van der Waals surface area contributed by atoms with Gasteiger partial charge in [0.25, 0.3) is 0 Å². The Kier molecular flexibility index (Phi) is 7.25. The van der Waals surface area contributed by atoms with Gasteiger partial charge in [-0.1, -0.05) is 6.92 Å². The first-order valence-electron chi connectivity index (χ1n) is 14.1. The summed E-state index contributed by atoms with van der Waals surface area (Å²) in [5.74, 6) is -1.61. The SMILES string of the molecule is C[C@H]1C[C@@H](c2ccncc2Nc2ncc3ccc(-c4c(F)cc(C5(F)CCCC5)cc4F)nn23)C[C@@H](N)[C@@H]1S(C)(=O)=O. The van der Waals surface area contributed by atoms with Crippen molar-refractivity contribution in [2.24, 2.45) is 11.7 Å². The lowest BCUT2D eigenvalue weighted by molar-refractivity contribution is 0.173. The van der Waals surface area contributed by atoms with E-state index in [4.69, 9.17) is 5.73 Å². The molecule has 0 aliphatic heterocycles. The van der Waals surface area contributed by atoms with Crippen LogP contribution in [0.3, 0.4) is 0 Å². The van der Waals surface area contributed by atoms with Crippen LogP contribution in [-0.4, -0.2) is 45.5 Å². The van der Waals surface area contributed by atoms with Gasteiger partial charge in [-0.15, -0.1) is 0 Å². The van der Waals surface area contributed by atoms with E-state index >= 15 is 13.2 Å². The van der Waals surface area contributed by atoms with Gasteiger partial charge in [-0.2, -0.15) is 9.61 Å². The predicted molar refractivity (Wildman–Crippen MR) is 155 cm³/mol. The lowest BCUT2D eigenvalue weighted by Crippen LogP contribution is -2.48. The van der Waals surface area contributed by atoms with E-state index in [1.54, 1.807) is 24.7 Å². The molecule has 222 valence electrons. The number of hydrogen-bond acceptors (Lipinski definition) is 7. The number of pyridine rings is 1. The Morgan fingerprint density at radius 1 is 1.07 bits per heavy atom. The molecule has 0 radical (unpaired) electrons. The van der Waals surface area contributed by atoms with Gasteiger partial charge >= 0.3 is 0 Å². The average Bonchev–Trinajstić information content (AvgIpc) is 3.54. The molecule has 4 atom stereocenters. The van der Waals surface area contributed by atoms with Crippen LogP contribution < -0.4 is 11.1 Å². The van der Waals surface area contributed by atoms with E-state index in [0.717, 1.165) is 17.7 Å². The molecule has 0 amide bonds. The molecule has 2 fully saturated rings. The summed E-state index contributed by atoms with van der Waals surface area (Å²) in [5, 5.41) is 7.13. The minimum absolute atomic E-state index is 0.0198. The Morgan fingerprint density at radius 3 is 2.45 bits per heavy atom. The highest BCUT2D eigenvalue weighted by Gasteiger charge is 2.41. The first-order valence-corrected chi connectivity index (χ1v) is 16.1. The lowest BCUT2D eigenvalue weighted by Gasteiger charge is -2.38. The van der Waals surface area contributed by atoms with Crippen molar-refractivity contribution in [1.82, 2.24) is 19.6 Å². The van der Waals surface area contributed by atoms with Crippen molar-refractivity contribution in [1.29, 1.82) is 0 Å². The van der Waals surface area contributed by atoms with Gasteiger partial charge in [0, 0.05) is 18.5 Å². The Hall–Kier alpha value is -3.51. The van der Waals surface area contributed by atoms with Gasteiger partial charge in [0.2, 0.25) is 5.95 Å². The van der Waals surface area contributed by atoms with E-state index in [2.05, 4.69) is 20.4 Å². The number of imidazole rings is 1. The zero-order valence-corrected chi connectivity index (χ0v) is 24.2. The van der Waals surface area contributed by atoms with Crippen LogP contribution in [0.4, 0.5) is 24.8 Å². The Morgan fingerprint density at radius 2 is 1.79 bits per heavy atom. The van der Waals surface area contributed by atoms with Gasteiger partial charge in [0.15, 0.2) is 9.84 Å². The number of nitrogens with two attached hydrogens (primary N) is 1. The number of alkyl halides is 1. The molecule has 42 heavy (non-hydrogen) atoms. The second-order valence-corrected chi connectivity index (χ2v) is 14.0. The summed E-state index contributed by atoms with van der Waals surface area (Å²) < 4.78 is 71.9. The summed E-state index contributed by atoms with van der Waals surface area (Å²) in [5.41, 5.74) is 6.51. The Balaban J connectivity index is 1.32. The molecule has 0 spiro atoms. The minimum atomic E-state index is -3.30. The maximum absolute atomic E-state index is 15.3. The standard InChI is InChI=1S/C30H33F3N6O2S/c1-17-11-18(12-24(34)28(17)42(2,40)41)21-7-10-35-16-26(21)37-29-36-15-20-5-6-25(38-39(20)29)27-22(31)13-19(14-23(27)32)30(33)8-3-4-9-30/h5-7,10,13-18,24,28H,3-4,8-9,11-12,34H2,1-2H3,(H,36,37)/t17-,18+,24+,28+/m0/s1. The monoisotopic (exact) mass is 598 g/mol. The summed E-state index contributed by atoms with van der Waals surface area (Å²) in [6.45, 7) is 1.91. The highest BCUT2D eigenvalue weighted by atomic mass is 32.2. The average molecular weight is 599 g/mol. The first-order chi connectivity index (χ1) is 19.9. The molecule has 3 heterocycles.